The van der Waals surface area contributed by atoms with E-state index in [0.29, 0.717) is 13.0 Å². The van der Waals surface area contributed by atoms with Crippen LogP contribution >= 0.6 is 0 Å². The van der Waals surface area contributed by atoms with E-state index in [0.717, 1.165) is 13.1 Å². The number of nitrogens with zero attached hydrogens (tertiary/aromatic N) is 1. The third-order valence-corrected chi connectivity index (χ3v) is 1.90. The summed E-state index contributed by atoms with van der Waals surface area (Å²) >= 11 is 0. The van der Waals surface area contributed by atoms with E-state index in [1.54, 1.807) is 0 Å². The molecule has 1 saturated heterocycles. The first-order valence-corrected chi connectivity index (χ1v) is 4.13. The molecule has 1 aliphatic heterocycles. The third kappa shape index (κ3) is 2.19. The van der Waals surface area contributed by atoms with Gasteiger partial charge in [0.2, 0.25) is 5.91 Å². The Morgan fingerprint density at radius 2 is 2.45 bits per heavy atom. The molecule has 0 bridgehead atoms. The van der Waals surface area contributed by atoms with E-state index in [1.165, 1.54) is 0 Å². The summed E-state index contributed by atoms with van der Waals surface area (Å²) in [6.45, 7) is 6.09. The Morgan fingerprint density at radius 3 is 3.00 bits per heavy atom. The van der Waals surface area contributed by atoms with Crippen LogP contribution in [0.3, 0.4) is 0 Å². The molecule has 1 amide bonds. The molecule has 0 aromatic carbocycles. The summed E-state index contributed by atoms with van der Waals surface area (Å²) < 4.78 is 5.31. The standard InChI is InChI=1S/C8H15NO2/c1-3-8(10)9-4-5-11-7(2)6-9/h7H,3-6H2,1-2H3. The second-order valence-corrected chi connectivity index (χ2v) is 2.87. The molecule has 11 heavy (non-hydrogen) atoms. The van der Waals surface area contributed by atoms with E-state index >= 15 is 0 Å². The van der Waals surface area contributed by atoms with Gasteiger partial charge in [0.1, 0.15) is 0 Å². The summed E-state index contributed by atoms with van der Waals surface area (Å²) in [6.07, 6.45) is 0.812. The highest BCUT2D eigenvalue weighted by atomic mass is 16.5. The van der Waals surface area contributed by atoms with E-state index in [4.69, 9.17) is 4.74 Å². The highest BCUT2D eigenvalue weighted by Gasteiger charge is 2.19. The van der Waals surface area contributed by atoms with Crippen molar-refractivity contribution in [3.05, 3.63) is 0 Å². The van der Waals surface area contributed by atoms with E-state index < -0.39 is 0 Å². The minimum Gasteiger partial charge on any atom is -0.375 e. The zero-order valence-corrected chi connectivity index (χ0v) is 7.17. The molecule has 0 saturated carbocycles. The molecular weight excluding hydrogens is 142 g/mol. The van der Waals surface area contributed by atoms with E-state index in [-0.39, 0.29) is 12.0 Å². The first-order valence-electron chi connectivity index (χ1n) is 4.13. The number of rotatable bonds is 1. The van der Waals surface area contributed by atoms with Gasteiger partial charge in [-0.3, -0.25) is 4.79 Å². The van der Waals surface area contributed by atoms with Gasteiger partial charge in [0, 0.05) is 19.5 Å². The fraction of sp³-hybridized carbons (Fsp3) is 0.875. The largest absolute Gasteiger partial charge is 0.375 e. The summed E-state index contributed by atoms with van der Waals surface area (Å²) in [6, 6.07) is 0. The smallest absolute Gasteiger partial charge is 0.222 e. The van der Waals surface area contributed by atoms with Gasteiger partial charge >= 0.3 is 0 Å². The van der Waals surface area contributed by atoms with Crippen molar-refractivity contribution in [3.63, 3.8) is 0 Å². The molecule has 1 rings (SSSR count). The van der Waals surface area contributed by atoms with Crippen LogP contribution in [0.2, 0.25) is 0 Å². The number of ether oxygens (including phenoxy) is 1. The van der Waals surface area contributed by atoms with Crippen molar-refractivity contribution in [1.29, 1.82) is 0 Å². The van der Waals surface area contributed by atoms with Crippen molar-refractivity contribution >= 4 is 5.91 Å². The van der Waals surface area contributed by atoms with Crippen LogP contribution in [0.15, 0.2) is 0 Å². The van der Waals surface area contributed by atoms with Crippen LogP contribution in [0, 0.1) is 0 Å². The van der Waals surface area contributed by atoms with E-state index in [2.05, 4.69) is 0 Å². The number of carbonyl (C=O) groups is 1. The molecule has 1 aliphatic rings. The van der Waals surface area contributed by atoms with E-state index in [9.17, 15) is 4.79 Å². The van der Waals surface area contributed by atoms with Gasteiger partial charge in [-0.25, -0.2) is 0 Å². The molecule has 0 aliphatic carbocycles. The van der Waals surface area contributed by atoms with Crippen molar-refractivity contribution in [1.82, 2.24) is 4.90 Å². The highest BCUT2D eigenvalue weighted by Crippen LogP contribution is 2.05. The number of morpholine rings is 1. The van der Waals surface area contributed by atoms with Crippen LogP contribution in [-0.4, -0.2) is 36.6 Å². The number of hydrogen-bond acceptors (Lipinski definition) is 2. The Labute approximate surface area is 67.3 Å². The van der Waals surface area contributed by atoms with Gasteiger partial charge in [0.05, 0.1) is 12.7 Å². The average molecular weight is 157 g/mol. The van der Waals surface area contributed by atoms with Gasteiger partial charge in [-0.1, -0.05) is 6.92 Å². The topological polar surface area (TPSA) is 29.5 Å². The van der Waals surface area contributed by atoms with Crippen LogP contribution in [-0.2, 0) is 9.53 Å². The quantitative estimate of drug-likeness (QED) is 0.559. The summed E-state index contributed by atoms with van der Waals surface area (Å²) in [4.78, 5) is 13.1. The lowest BCUT2D eigenvalue weighted by molar-refractivity contribution is -0.137. The highest BCUT2D eigenvalue weighted by molar-refractivity contribution is 5.75. The van der Waals surface area contributed by atoms with Crippen molar-refractivity contribution in [3.8, 4) is 0 Å². The lowest BCUT2D eigenvalue weighted by Gasteiger charge is -2.30. The fourth-order valence-corrected chi connectivity index (χ4v) is 1.27. The summed E-state index contributed by atoms with van der Waals surface area (Å²) in [5.74, 6) is 0.236. The summed E-state index contributed by atoms with van der Waals surface area (Å²) in [5, 5.41) is 0. The Hall–Kier alpha value is -0.570. The Bertz CT molecular complexity index is 147. The van der Waals surface area contributed by atoms with Crippen molar-refractivity contribution in [2.24, 2.45) is 0 Å². The van der Waals surface area contributed by atoms with Crippen LogP contribution in [0.5, 0.6) is 0 Å². The fourth-order valence-electron chi connectivity index (χ4n) is 1.27. The first-order chi connectivity index (χ1) is 5.24. The zero-order chi connectivity index (χ0) is 8.27. The van der Waals surface area contributed by atoms with Gasteiger partial charge in [-0.2, -0.15) is 0 Å². The number of hydrogen-bond donors (Lipinski definition) is 0. The lowest BCUT2D eigenvalue weighted by atomic mass is 10.3. The maximum Gasteiger partial charge on any atom is 0.222 e. The van der Waals surface area contributed by atoms with Crippen molar-refractivity contribution in [2.75, 3.05) is 19.7 Å². The minimum absolute atomic E-state index is 0.208. The maximum absolute atomic E-state index is 11.2. The molecule has 0 radical (unpaired) electrons. The second kappa shape index (κ2) is 3.72. The Morgan fingerprint density at radius 1 is 1.73 bits per heavy atom. The molecule has 0 spiro atoms. The van der Waals surface area contributed by atoms with Crippen LogP contribution < -0.4 is 0 Å². The van der Waals surface area contributed by atoms with Gasteiger partial charge in [-0.05, 0) is 6.92 Å². The molecule has 1 unspecified atom stereocenters. The first kappa shape index (κ1) is 8.53. The second-order valence-electron chi connectivity index (χ2n) is 2.87. The van der Waals surface area contributed by atoms with Crippen LogP contribution in [0.1, 0.15) is 20.3 Å². The molecule has 0 aromatic rings. The predicted octanol–water partition coefficient (Wildman–Crippen LogP) is 0.644. The normalized spacial score (nSPS) is 25.3. The van der Waals surface area contributed by atoms with Crippen molar-refractivity contribution in [2.45, 2.75) is 26.4 Å². The monoisotopic (exact) mass is 157 g/mol. The summed E-state index contributed by atoms with van der Waals surface area (Å²) in [7, 11) is 0. The van der Waals surface area contributed by atoms with Crippen LogP contribution in [0.4, 0.5) is 0 Å². The molecule has 0 aromatic heterocycles. The minimum atomic E-state index is 0.208. The third-order valence-electron chi connectivity index (χ3n) is 1.90. The van der Waals surface area contributed by atoms with Crippen molar-refractivity contribution < 1.29 is 9.53 Å². The number of carbonyl (C=O) groups excluding carboxylic acids is 1. The average Bonchev–Trinajstić information content (AvgIpc) is 2.03. The molecule has 0 N–H and O–H groups in total. The van der Waals surface area contributed by atoms with Gasteiger partial charge in [0.15, 0.2) is 0 Å². The van der Waals surface area contributed by atoms with Gasteiger partial charge < -0.3 is 9.64 Å². The zero-order valence-electron chi connectivity index (χ0n) is 7.17. The Kier molecular flexibility index (Phi) is 2.88. The van der Waals surface area contributed by atoms with Crippen LogP contribution in [0.25, 0.3) is 0 Å². The molecule has 3 heteroatoms. The van der Waals surface area contributed by atoms with E-state index in [1.807, 2.05) is 18.7 Å². The molecule has 1 heterocycles. The molecule has 3 nitrogen and oxygen atoms in total. The molecule has 1 atom stereocenters. The van der Waals surface area contributed by atoms with Gasteiger partial charge in [0.25, 0.3) is 0 Å². The summed E-state index contributed by atoms with van der Waals surface area (Å²) in [5.41, 5.74) is 0. The number of amides is 1. The molecule has 1 fully saturated rings. The lowest BCUT2D eigenvalue weighted by Crippen LogP contribution is -2.44. The SMILES string of the molecule is CCC(=O)N1CCOC(C)C1. The van der Waals surface area contributed by atoms with Gasteiger partial charge in [-0.15, -0.1) is 0 Å². The maximum atomic E-state index is 11.2. The molecule has 64 valence electrons. The molecular formula is C8H15NO2. The predicted molar refractivity (Wildman–Crippen MR) is 42.3 cm³/mol. The Balaban J connectivity index is 2.39.